The number of nitrogens with two attached hydrogens (primary N) is 1. The second kappa shape index (κ2) is 6.58. The van der Waals surface area contributed by atoms with Gasteiger partial charge < -0.3 is 20.6 Å². The van der Waals surface area contributed by atoms with Crippen molar-refractivity contribution in [2.24, 2.45) is 5.41 Å². The standard InChI is InChI=1S/C15H27N5O/c1-4-12-8-17-14(16)18-13(12)20-7-5-6-15(10-20,11-21)9-19(2)3/h8,21H,4-7,9-11H2,1-3H3,(H2,16,17,18)/t15-/m0/s1. The van der Waals surface area contributed by atoms with Crippen LogP contribution in [0.3, 0.4) is 0 Å². The van der Waals surface area contributed by atoms with Gasteiger partial charge in [-0.2, -0.15) is 4.98 Å². The molecule has 3 N–H and O–H groups in total. The average molecular weight is 293 g/mol. The van der Waals surface area contributed by atoms with Gasteiger partial charge in [-0.25, -0.2) is 4.98 Å². The fourth-order valence-electron chi connectivity index (χ4n) is 3.30. The summed E-state index contributed by atoms with van der Waals surface area (Å²) in [5.41, 5.74) is 6.79. The molecule has 0 saturated carbocycles. The van der Waals surface area contributed by atoms with E-state index in [1.54, 1.807) is 0 Å². The topological polar surface area (TPSA) is 78.5 Å². The van der Waals surface area contributed by atoms with Gasteiger partial charge in [-0.3, -0.25) is 0 Å². The molecule has 6 nitrogen and oxygen atoms in total. The van der Waals surface area contributed by atoms with Crippen molar-refractivity contribution in [3.63, 3.8) is 0 Å². The summed E-state index contributed by atoms with van der Waals surface area (Å²) >= 11 is 0. The number of nitrogen functional groups attached to an aromatic ring is 1. The fourth-order valence-corrected chi connectivity index (χ4v) is 3.30. The maximum Gasteiger partial charge on any atom is 0.221 e. The first-order valence-electron chi connectivity index (χ1n) is 7.61. The quantitative estimate of drug-likeness (QED) is 0.834. The van der Waals surface area contributed by atoms with Crippen molar-refractivity contribution in [2.45, 2.75) is 26.2 Å². The van der Waals surface area contributed by atoms with Gasteiger partial charge in [0.1, 0.15) is 5.82 Å². The monoisotopic (exact) mass is 293 g/mol. The first-order chi connectivity index (χ1) is 9.99. The van der Waals surface area contributed by atoms with Crippen molar-refractivity contribution in [2.75, 3.05) is 51.0 Å². The van der Waals surface area contributed by atoms with Crippen LogP contribution in [0.4, 0.5) is 11.8 Å². The van der Waals surface area contributed by atoms with E-state index in [-0.39, 0.29) is 12.0 Å². The van der Waals surface area contributed by atoms with Crippen LogP contribution in [0.2, 0.25) is 0 Å². The zero-order chi connectivity index (χ0) is 15.5. The molecular formula is C15H27N5O. The van der Waals surface area contributed by atoms with Gasteiger partial charge in [0.05, 0.1) is 6.61 Å². The van der Waals surface area contributed by atoms with Gasteiger partial charge in [-0.1, -0.05) is 6.92 Å². The first-order valence-corrected chi connectivity index (χ1v) is 7.61. The van der Waals surface area contributed by atoms with Gasteiger partial charge in [0.15, 0.2) is 0 Å². The lowest BCUT2D eigenvalue weighted by Gasteiger charge is -2.44. The number of aliphatic hydroxyl groups is 1. The predicted octanol–water partition coefficient (Wildman–Crippen LogP) is 0.762. The van der Waals surface area contributed by atoms with Crippen LogP contribution in [-0.2, 0) is 6.42 Å². The van der Waals surface area contributed by atoms with Crippen LogP contribution in [0.15, 0.2) is 6.20 Å². The summed E-state index contributed by atoms with van der Waals surface area (Å²) in [6.07, 6.45) is 4.80. The number of piperidine rings is 1. The van der Waals surface area contributed by atoms with E-state index in [0.717, 1.165) is 50.3 Å². The number of aliphatic hydroxyl groups excluding tert-OH is 1. The van der Waals surface area contributed by atoms with Crippen LogP contribution in [0, 0.1) is 5.41 Å². The maximum absolute atomic E-state index is 9.93. The SMILES string of the molecule is CCc1cnc(N)nc1N1CCC[C@](CO)(CN(C)C)C1. The Morgan fingerprint density at radius 3 is 2.86 bits per heavy atom. The lowest BCUT2D eigenvalue weighted by molar-refractivity contribution is 0.0760. The predicted molar refractivity (Wildman–Crippen MR) is 85.3 cm³/mol. The van der Waals surface area contributed by atoms with Gasteiger partial charge in [-0.05, 0) is 33.4 Å². The van der Waals surface area contributed by atoms with Crippen molar-refractivity contribution in [3.8, 4) is 0 Å². The molecule has 1 saturated heterocycles. The lowest BCUT2D eigenvalue weighted by Crippen LogP contribution is -2.50. The fraction of sp³-hybridized carbons (Fsp3) is 0.733. The number of nitrogens with zero attached hydrogens (tertiary/aromatic N) is 4. The highest BCUT2D eigenvalue weighted by molar-refractivity contribution is 5.49. The van der Waals surface area contributed by atoms with E-state index in [1.807, 2.05) is 6.20 Å². The number of hydrogen-bond acceptors (Lipinski definition) is 6. The van der Waals surface area contributed by atoms with Crippen LogP contribution < -0.4 is 10.6 Å². The molecule has 1 aromatic heterocycles. The second-order valence-electron chi connectivity index (χ2n) is 6.35. The summed E-state index contributed by atoms with van der Waals surface area (Å²) in [4.78, 5) is 12.9. The maximum atomic E-state index is 9.93. The minimum absolute atomic E-state index is 0.0908. The molecule has 6 heteroatoms. The van der Waals surface area contributed by atoms with Gasteiger partial charge in [0.2, 0.25) is 5.95 Å². The molecule has 0 bridgehead atoms. The van der Waals surface area contributed by atoms with Crippen LogP contribution in [-0.4, -0.2) is 60.3 Å². The highest BCUT2D eigenvalue weighted by atomic mass is 16.3. The number of aromatic nitrogens is 2. The van der Waals surface area contributed by atoms with Crippen LogP contribution in [0.25, 0.3) is 0 Å². The van der Waals surface area contributed by atoms with Crippen LogP contribution in [0.5, 0.6) is 0 Å². The molecule has 2 rings (SSSR count). The molecule has 2 heterocycles. The Morgan fingerprint density at radius 1 is 1.48 bits per heavy atom. The highest BCUT2D eigenvalue weighted by Crippen LogP contribution is 2.33. The van der Waals surface area contributed by atoms with Crippen molar-refractivity contribution in [1.82, 2.24) is 14.9 Å². The minimum atomic E-state index is -0.0908. The zero-order valence-electron chi connectivity index (χ0n) is 13.3. The average Bonchev–Trinajstić information content (AvgIpc) is 2.46. The number of rotatable bonds is 5. The molecule has 0 spiro atoms. The van der Waals surface area contributed by atoms with Crippen LogP contribution in [0.1, 0.15) is 25.3 Å². The smallest absolute Gasteiger partial charge is 0.221 e. The number of anilines is 2. The Bertz CT molecular complexity index is 479. The molecule has 1 aliphatic heterocycles. The molecule has 1 fully saturated rings. The molecule has 0 amide bonds. The highest BCUT2D eigenvalue weighted by Gasteiger charge is 2.36. The molecule has 1 aromatic rings. The third-order valence-electron chi connectivity index (χ3n) is 4.19. The molecular weight excluding hydrogens is 266 g/mol. The normalized spacial score (nSPS) is 22.8. The van der Waals surface area contributed by atoms with Gasteiger partial charge in [-0.15, -0.1) is 0 Å². The summed E-state index contributed by atoms with van der Waals surface area (Å²) < 4.78 is 0. The van der Waals surface area contributed by atoms with E-state index in [0.29, 0.717) is 5.95 Å². The summed E-state index contributed by atoms with van der Waals surface area (Å²) in [6.45, 7) is 4.94. The number of aryl methyl sites for hydroxylation is 1. The first kappa shape index (κ1) is 16.0. The zero-order valence-corrected chi connectivity index (χ0v) is 13.3. The molecule has 1 atom stereocenters. The molecule has 118 valence electrons. The van der Waals surface area contributed by atoms with Crippen molar-refractivity contribution in [3.05, 3.63) is 11.8 Å². The van der Waals surface area contributed by atoms with Crippen molar-refractivity contribution in [1.29, 1.82) is 0 Å². The lowest BCUT2D eigenvalue weighted by atomic mass is 9.80. The van der Waals surface area contributed by atoms with E-state index in [1.165, 1.54) is 0 Å². The van der Waals surface area contributed by atoms with Crippen molar-refractivity contribution < 1.29 is 5.11 Å². The summed E-state index contributed by atoms with van der Waals surface area (Å²) in [5, 5.41) is 9.93. The Balaban J connectivity index is 2.26. The van der Waals surface area contributed by atoms with Crippen LogP contribution >= 0.6 is 0 Å². The Labute approximate surface area is 127 Å². The van der Waals surface area contributed by atoms with E-state index < -0.39 is 0 Å². The summed E-state index contributed by atoms with van der Waals surface area (Å²) in [5.74, 6) is 1.25. The molecule has 21 heavy (non-hydrogen) atoms. The molecule has 0 radical (unpaired) electrons. The minimum Gasteiger partial charge on any atom is -0.396 e. The Kier molecular flexibility index (Phi) is 5.00. The number of hydrogen-bond donors (Lipinski definition) is 2. The molecule has 0 aromatic carbocycles. The summed E-state index contributed by atoms with van der Waals surface area (Å²) in [7, 11) is 4.10. The summed E-state index contributed by atoms with van der Waals surface area (Å²) in [6, 6.07) is 0. The Morgan fingerprint density at radius 2 is 2.24 bits per heavy atom. The largest absolute Gasteiger partial charge is 0.396 e. The second-order valence-corrected chi connectivity index (χ2v) is 6.35. The van der Waals surface area contributed by atoms with Gasteiger partial charge in [0, 0.05) is 36.8 Å². The van der Waals surface area contributed by atoms with Crippen molar-refractivity contribution >= 4 is 11.8 Å². The molecule has 0 aliphatic carbocycles. The molecule has 1 aliphatic rings. The third-order valence-corrected chi connectivity index (χ3v) is 4.19. The van der Waals surface area contributed by atoms with E-state index in [9.17, 15) is 5.11 Å². The molecule has 0 unspecified atom stereocenters. The van der Waals surface area contributed by atoms with E-state index in [2.05, 4.69) is 40.8 Å². The Hall–Kier alpha value is -1.40. The van der Waals surface area contributed by atoms with Gasteiger partial charge in [0.25, 0.3) is 0 Å². The van der Waals surface area contributed by atoms with E-state index >= 15 is 0 Å². The third kappa shape index (κ3) is 3.63. The van der Waals surface area contributed by atoms with Gasteiger partial charge >= 0.3 is 0 Å². The van der Waals surface area contributed by atoms with E-state index in [4.69, 9.17) is 5.73 Å².